The van der Waals surface area contributed by atoms with Crippen LogP contribution in [-0.4, -0.2) is 52.3 Å². The Morgan fingerprint density at radius 3 is 0.628 bits per heavy atom. The van der Waals surface area contributed by atoms with E-state index in [0.717, 1.165) is 58.5 Å². The first-order chi connectivity index (χ1) is 45.5. The normalized spacial score (nSPS) is 11.3. The monoisotopic (exact) mass is 1460 g/mol. The number of thiophene rings is 12. The van der Waals surface area contributed by atoms with Crippen LogP contribution in [0.4, 0.5) is 0 Å². The predicted molar refractivity (Wildman–Crippen MR) is 406 cm³/mol. The fourth-order valence-corrected chi connectivity index (χ4v) is 23.5. The third-order valence-corrected chi connectivity index (χ3v) is 29.9. The van der Waals surface area contributed by atoms with Crippen molar-refractivity contribution in [2.45, 2.75) is 41.5 Å². The number of hydrogen-bond acceptors (Lipinski definition) is 20. The molecular weight excluding hydrogens is 1400 g/mol. The van der Waals surface area contributed by atoms with Crippen LogP contribution in [0, 0.1) is 41.5 Å². The fourth-order valence-electron chi connectivity index (χ4n) is 11.0. The molecule has 12 heterocycles. The fraction of sp³-hybridized carbons (Fsp3) is 0.135. The minimum absolute atomic E-state index is 0.404. The molecule has 0 aliphatic carbocycles. The molecule has 0 aliphatic heterocycles. The van der Waals surface area contributed by atoms with E-state index in [1.807, 2.05) is 38.1 Å². The van der Waals surface area contributed by atoms with E-state index >= 15 is 0 Å². The second kappa shape index (κ2) is 27.8. The Labute approximate surface area is 592 Å². The molecule has 14 rings (SSSR count). The molecule has 0 N–H and O–H groups in total. The van der Waals surface area contributed by atoms with Crippen LogP contribution in [0.15, 0.2) is 158 Å². The van der Waals surface area contributed by atoms with E-state index in [-0.39, 0.29) is 0 Å². The summed E-state index contributed by atoms with van der Waals surface area (Å²) in [5.74, 6) is -1.79. The standard InChI is InChI=1S/C38H30O4S6.C36H26O4S6/c1-19-7-9-23(43-19)25-11-13-27(45-25)29-15-17-31(47-29)33-21(3)36(38(40)42-6)34(22(4)35(33)37(39)41-5)32-18-16-30(48-32)28-14-12-26(46-28)24-10-8-20(2)44-24;1-19-5-7-27(41-19)29-13-15-33(45-29)31-11-9-25(43-31)21-17-24(36(38)40-4)22(18-23(21)35(37)39-3)26-10-12-32(44-26)34-16-14-30(46-34)28-8-6-20(2)42-28/h7-18H,1-6H3;5-18H,1-4H3. The number of methoxy groups -OCH3 is 4. The van der Waals surface area contributed by atoms with Crippen molar-refractivity contribution in [3.8, 4) is 120 Å². The summed E-state index contributed by atoms with van der Waals surface area (Å²) >= 11 is 20.5. The lowest BCUT2D eigenvalue weighted by Crippen LogP contribution is -2.14. The average Bonchev–Trinajstić information content (AvgIpc) is 0.777. The van der Waals surface area contributed by atoms with Gasteiger partial charge < -0.3 is 18.9 Å². The zero-order valence-corrected chi connectivity index (χ0v) is 62.0. The highest BCUT2D eigenvalue weighted by Crippen LogP contribution is 2.51. The predicted octanol–water partition coefficient (Wildman–Crippen LogP) is 25.1. The summed E-state index contributed by atoms with van der Waals surface area (Å²) in [6.07, 6.45) is 0. The highest BCUT2D eigenvalue weighted by molar-refractivity contribution is 7.30. The quantitative estimate of drug-likeness (QED) is 0.0696. The van der Waals surface area contributed by atoms with Crippen molar-refractivity contribution in [2.75, 3.05) is 28.4 Å². The Balaban J connectivity index is 0.000000171. The Morgan fingerprint density at radius 2 is 0.415 bits per heavy atom. The molecule has 0 saturated carbocycles. The van der Waals surface area contributed by atoms with Gasteiger partial charge in [0.1, 0.15) is 0 Å². The van der Waals surface area contributed by atoms with E-state index in [1.165, 1.54) is 87.0 Å². The summed E-state index contributed by atoms with van der Waals surface area (Å²) < 4.78 is 21.2. The molecule has 0 saturated heterocycles. The summed E-state index contributed by atoms with van der Waals surface area (Å²) in [6, 6.07) is 54.4. The van der Waals surface area contributed by atoms with Crippen molar-refractivity contribution in [3.63, 3.8) is 0 Å². The molecule has 0 amide bonds. The second-order valence-electron chi connectivity index (χ2n) is 21.6. The molecular formula is C74H56O8S12. The summed E-state index contributed by atoms with van der Waals surface area (Å²) in [7, 11) is 5.57. The lowest BCUT2D eigenvalue weighted by atomic mass is 9.86. The maximum absolute atomic E-state index is 13.6. The second-order valence-corrected chi connectivity index (χ2v) is 35.4. The molecule has 0 radical (unpaired) electrons. The van der Waals surface area contributed by atoms with Crippen LogP contribution in [0.5, 0.6) is 0 Å². The van der Waals surface area contributed by atoms with Gasteiger partial charge in [-0.1, -0.05) is 0 Å². The van der Waals surface area contributed by atoms with Crippen LogP contribution < -0.4 is 0 Å². The summed E-state index contributed by atoms with van der Waals surface area (Å²) in [5.41, 5.74) is 5.82. The van der Waals surface area contributed by atoms with Gasteiger partial charge in [0.25, 0.3) is 0 Å². The van der Waals surface area contributed by atoms with Gasteiger partial charge in [0.2, 0.25) is 0 Å². The van der Waals surface area contributed by atoms with Crippen LogP contribution in [0.1, 0.15) is 72.1 Å². The van der Waals surface area contributed by atoms with Gasteiger partial charge >= 0.3 is 23.9 Å². The van der Waals surface area contributed by atoms with Crippen LogP contribution in [0.3, 0.4) is 0 Å². The van der Waals surface area contributed by atoms with Crippen LogP contribution in [-0.2, 0) is 18.9 Å². The third kappa shape index (κ3) is 13.1. The minimum Gasteiger partial charge on any atom is -0.465 e. The van der Waals surface area contributed by atoms with Crippen molar-refractivity contribution in [1.29, 1.82) is 0 Å². The molecule has 12 aromatic heterocycles. The van der Waals surface area contributed by atoms with Gasteiger partial charge in [-0.2, -0.15) is 0 Å². The number of carbonyl (C=O) groups excluding carboxylic acids is 4. The Hall–Kier alpha value is -7.28. The van der Waals surface area contributed by atoms with Crippen molar-refractivity contribution in [1.82, 2.24) is 0 Å². The lowest BCUT2D eigenvalue weighted by molar-refractivity contribution is 0.0586. The van der Waals surface area contributed by atoms with E-state index in [2.05, 4.69) is 149 Å². The van der Waals surface area contributed by atoms with Crippen molar-refractivity contribution in [3.05, 3.63) is 211 Å². The van der Waals surface area contributed by atoms with E-state index in [1.54, 1.807) is 148 Å². The molecule has 14 aromatic rings. The number of hydrogen-bond donors (Lipinski definition) is 0. The topological polar surface area (TPSA) is 105 Å². The van der Waals surface area contributed by atoms with Crippen LogP contribution in [0.25, 0.3) is 120 Å². The van der Waals surface area contributed by atoms with Gasteiger partial charge in [-0.05, 0) is 210 Å². The third-order valence-electron chi connectivity index (χ3n) is 15.5. The van der Waals surface area contributed by atoms with E-state index in [9.17, 15) is 19.2 Å². The van der Waals surface area contributed by atoms with Crippen LogP contribution in [0.2, 0.25) is 0 Å². The SMILES string of the molecule is COC(=O)c1c(C)c(-c2ccc(-c3ccc(-c4ccc(C)s4)s3)s2)c(C(=O)OC)c(C)c1-c1ccc(-c2ccc(-c3ccc(C)s3)s2)s1.COC(=O)c1cc(-c2ccc(-c3ccc(-c4ccc(C)s4)s3)s2)c(C(=O)OC)cc1-c1ccc(-c2ccc(-c3ccc(C)s3)s2)s1. The first kappa shape index (κ1) is 65.4. The minimum atomic E-state index is -0.458. The highest BCUT2D eigenvalue weighted by Gasteiger charge is 2.32. The number of rotatable bonds is 16. The molecule has 0 bridgehead atoms. The van der Waals surface area contributed by atoms with Gasteiger partial charge in [-0.25, -0.2) is 19.2 Å². The van der Waals surface area contributed by atoms with Gasteiger partial charge in [-0.15, -0.1) is 136 Å². The largest absolute Gasteiger partial charge is 0.465 e. The number of aryl methyl sites for hydroxylation is 4. The molecule has 0 unspecified atom stereocenters. The lowest BCUT2D eigenvalue weighted by Gasteiger charge is -2.21. The van der Waals surface area contributed by atoms with Gasteiger partial charge in [0.05, 0.1) is 50.7 Å². The maximum Gasteiger partial charge on any atom is 0.338 e. The molecule has 20 heteroatoms. The van der Waals surface area contributed by atoms with Crippen molar-refractivity contribution >= 4 is 160 Å². The smallest absolute Gasteiger partial charge is 0.338 e. The summed E-state index contributed by atoms with van der Waals surface area (Å²) in [4.78, 5) is 81.2. The van der Waals surface area contributed by atoms with Gasteiger partial charge in [0.15, 0.2) is 0 Å². The van der Waals surface area contributed by atoms with Crippen LogP contribution >= 0.6 is 136 Å². The summed E-state index contributed by atoms with van der Waals surface area (Å²) in [6.45, 7) is 12.3. The molecule has 472 valence electrons. The highest BCUT2D eigenvalue weighted by atomic mass is 32.1. The zero-order valence-electron chi connectivity index (χ0n) is 52.2. The number of ether oxygens (including phenoxy) is 4. The zero-order chi connectivity index (χ0) is 65.6. The van der Waals surface area contributed by atoms with Gasteiger partial charge in [0, 0.05) is 139 Å². The molecule has 0 fully saturated rings. The Morgan fingerprint density at radius 1 is 0.234 bits per heavy atom. The Bertz CT molecular complexity index is 4850. The van der Waals surface area contributed by atoms with E-state index < -0.39 is 23.9 Å². The van der Waals surface area contributed by atoms with Crippen molar-refractivity contribution < 1.29 is 38.1 Å². The van der Waals surface area contributed by atoms with Crippen molar-refractivity contribution in [2.24, 2.45) is 0 Å². The first-order valence-corrected chi connectivity index (χ1v) is 39.0. The first-order valence-electron chi connectivity index (χ1n) is 29.2. The molecule has 2 aromatic carbocycles. The van der Waals surface area contributed by atoms with E-state index in [4.69, 9.17) is 18.9 Å². The number of carbonyl (C=O) groups is 4. The molecule has 0 aliphatic rings. The molecule has 94 heavy (non-hydrogen) atoms. The van der Waals surface area contributed by atoms with Gasteiger partial charge in [-0.3, -0.25) is 0 Å². The number of benzene rings is 2. The average molecular weight is 1460 g/mol. The van der Waals surface area contributed by atoms with E-state index in [0.29, 0.717) is 55.6 Å². The molecule has 0 atom stereocenters. The Kier molecular flexibility index (Phi) is 19.3. The molecule has 8 nitrogen and oxygen atoms in total. The summed E-state index contributed by atoms with van der Waals surface area (Å²) in [5, 5.41) is 0. The number of esters is 4. The molecule has 0 spiro atoms. The maximum atomic E-state index is 13.6.